The highest BCUT2D eigenvalue weighted by atomic mass is 79.9. The van der Waals surface area contributed by atoms with E-state index in [0.29, 0.717) is 23.3 Å². The van der Waals surface area contributed by atoms with Crippen molar-refractivity contribution in [1.82, 2.24) is 9.78 Å². The number of rotatable bonds is 5. The normalized spacial score (nSPS) is 13.7. The lowest BCUT2D eigenvalue weighted by molar-refractivity contribution is 0.0429. The molecule has 0 aliphatic carbocycles. The molecule has 1 rings (SSSR count). The number of hydrogen-bond acceptors (Lipinski definition) is 4. The zero-order valence-electron chi connectivity index (χ0n) is 11.1. The minimum atomic E-state index is -1.06. The predicted octanol–water partition coefficient (Wildman–Crippen LogP) is 1.88. The van der Waals surface area contributed by atoms with Crippen molar-refractivity contribution >= 4 is 21.7 Å². The minimum absolute atomic E-state index is 0.331. The Morgan fingerprint density at radius 2 is 2.22 bits per heavy atom. The van der Waals surface area contributed by atoms with Crippen molar-refractivity contribution in [3.05, 3.63) is 16.4 Å². The fourth-order valence-corrected chi connectivity index (χ4v) is 1.97. The first-order chi connectivity index (χ1) is 8.29. The fraction of sp³-hybridized carbons (Fsp3) is 0.667. The molecule has 0 radical (unpaired) electrons. The van der Waals surface area contributed by atoms with Crippen molar-refractivity contribution in [1.29, 1.82) is 0 Å². The molecule has 0 amide bonds. The fourth-order valence-electron chi connectivity index (χ4n) is 1.48. The zero-order chi connectivity index (χ0) is 13.9. The Balaban J connectivity index is 3.01. The van der Waals surface area contributed by atoms with Gasteiger partial charge in [-0.25, -0.2) is 0 Å². The number of ketones is 1. The lowest BCUT2D eigenvalue weighted by atomic mass is 9.86. The maximum atomic E-state index is 12.3. The first kappa shape index (κ1) is 15.3. The van der Waals surface area contributed by atoms with E-state index >= 15 is 0 Å². The molecule has 0 aliphatic heterocycles. The van der Waals surface area contributed by atoms with Gasteiger partial charge in [0.05, 0.1) is 23.8 Å². The molecule has 1 aromatic heterocycles. The topological polar surface area (TPSA) is 64.4 Å². The van der Waals surface area contributed by atoms with Crippen molar-refractivity contribution in [2.24, 2.45) is 5.41 Å². The second-order valence-corrected chi connectivity index (χ2v) is 6.04. The molecule has 0 bridgehead atoms. The van der Waals surface area contributed by atoms with Crippen LogP contribution in [-0.4, -0.2) is 40.5 Å². The SMILES string of the molecule is COCCn1ncc(Br)c1C(=O)C(O)C(C)(C)C. The van der Waals surface area contributed by atoms with Gasteiger partial charge in [0.15, 0.2) is 0 Å². The molecule has 5 nitrogen and oxygen atoms in total. The Hall–Kier alpha value is -0.720. The number of ether oxygens (including phenoxy) is 1. The summed E-state index contributed by atoms with van der Waals surface area (Å²) >= 11 is 3.29. The molecular weight excluding hydrogens is 300 g/mol. The van der Waals surface area contributed by atoms with Gasteiger partial charge in [0.25, 0.3) is 0 Å². The van der Waals surface area contributed by atoms with Crippen LogP contribution in [-0.2, 0) is 11.3 Å². The highest BCUT2D eigenvalue weighted by molar-refractivity contribution is 9.10. The molecule has 6 heteroatoms. The van der Waals surface area contributed by atoms with Crippen molar-refractivity contribution in [3.8, 4) is 0 Å². The molecule has 102 valence electrons. The van der Waals surface area contributed by atoms with Crippen LogP contribution in [0.1, 0.15) is 31.3 Å². The smallest absolute Gasteiger partial charge is 0.210 e. The lowest BCUT2D eigenvalue weighted by Gasteiger charge is -2.24. The van der Waals surface area contributed by atoms with E-state index in [1.807, 2.05) is 20.8 Å². The van der Waals surface area contributed by atoms with Crippen LogP contribution in [0.5, 0.6) is 0 Å². The Bertz CT molecular complexity index is 423. The average molecular weight is 319 g/mol. The van der Waals surface area contributed by atoms with E-state index in [1.54, 1.807) is 18.0 Å². The molecule has 0 aliphatic rings. The molecule has 18 heavy (non-hydrogen) atoms. The summed E-state index contributed by atoms with van der Waals surface area (Å²) < 4.78 is 7.10. The Kier molecular flexibility index (Phi) is 5.07. The van der Waals surface area contributed by atoms with Crippen LogP contribution in [0.15, 0.2) is 10.7 Å². The van der Waals surface area contributed by atoms with Crippen LogP contribution in [0.2, 0.25) is 0 Å². The molecule has 0 saturated heterocycles. The number of halogens is 1. The second kappa shape index (κ2) is 5.95. The van der Waals surface area contributed by atoms with Gasteiger partial charge in [0.2, 0.25) is 5.78 Å². The minimum Gasteiger partial charge on any atom is -0.384 e. The summed E-state index contributed by atoms with van der Waals surface area (Å²) in [6.45, 7) is 6.39. The summed E-state index contributed by atoms with van der Waals surface area (Å²) in [5.41, 5.74) is -0.123. The van der Waals surface area contributed by atoms with E-state index in [0.717, 1.165) is 0 Å². The van der Waals surface area contributed by atoms with E-state index < -0.39 is 11.5 Å². The van der Waals surface area contributed by atoms with Crippen molar-refractivity contribution in [3.63, 3.8) is 0 Å². The summed E-state index contributed by atoms with van der Waals surface area (Å²) in [5, 5.41) is 14.2. The molecule has 0 saturated carbocycles. The number of aromatic nitrogens is 2. The third-order valence-electron chi connectivity index (χ3n) is 2.60. The Morgan fingerprint density at radius 1 is 1.61 bits per heavy atom. The van der Waals surface area contributed by atoms with Crippen LogP contribution >= 0.6 is 15.9 Å². The number of Topliss-reactive ketones (excluding diaryl/α,β-unsaturated/α-hetero) is 1. The number of nitrogens with zero attached hydrogens (tertiary/aromatic N) is 2. The molecule has 0 spiro atoms. The van der Waals surface area contributed by atoms with Gasteiger partial charge >= 0.3 is 0 Å². The van der Waals surface area contributed by atoms with Crippen molar-refractivity contribution < 1.29 is 14.6 Å². The van der Waals surface area contributed by atoms with Gasteiger partial charge in [-0.15, -0.1) is 0 Å². The number of aliphatic hydroxyl groups is 1. The van der Waals surface area contributed by atoms with Crippen LogP contribution in [0.3, 0.4) is 0 Å². The summed E-state index contributed by atoms with van der Waals surface area (Å²) in [6, 6.07) is 0. The maximum Gasteiger partial charge on any atom is 0.210 e. The average Bonchev–Trinajstić information content (AvgIpc) is 2.64. The van der Waals surface area contributed by atoms with Gasteiger partial charge in [0, 0.05) is 7.11 Å². The van der Waals surface area contributed by atoms with Crippen LogP contribution in [0.25, 0.3) is 0 Å². The van der Waals surface area contributed by atoms with Gasteiger partial charge in [-0.3, -0.25) is 9.48 Å². The van der Waals surface area contributed by atoms with Crippen LogP contribution < -0.4 is 0 Å². The number of aliphatic hydroxyl groups excluding tert-OH is 1. The number of carbonyl (C=O) groups excluding carboxylic acids is 1. The molecule has 1 unspecified atom stereocenters. The van der Waals surface area contributed by atoms with Gasteiger partial charge in [-0.2, -0.15) is 5.10 Å². The number of hydrogen-bond donors (Lipinski definition) is 1. The monoisotopic (exact) mass is 318 g/mol. The third-order valence-corrected chi connectivity index (χ3v) is 3.18. The highest BCUT2D eigenvalue weighted by Crippen LogP contribution is 2.25. The number of methoxy groups -OCH3 is 1. The molecule has 1 N–H and O–H groups in total. The number of carbonyl (C=O) groups is 1. The quantitative estimate of drug-likeness (QED) is 0.842. The largest absolute Gasteiger partial charge is 0.384 e. The van der Waals surface area contributed by atoms with Crippen molar-refractivity contribution in [2.75, 3.05) is 13.7 Å². The van der Waals surface area contributed by atoms with E-state index in [2.05, 4.69) is 21.0 Å². The van der Waals surface area contributed by atoms with E-state index in [1.165, 1.54) is 0 Å². The summed E-state index contributed by atoms with van der Waals surface area (Å²) in [7, 11) is 1.59. The standard InChI is InChI=1S/C12H19BrN2O3/c1-12(2,3)11(17)10(16)9-8(13)7-14-15(9)5-6-18-4/h7,11,17H,5-6H2,1-4H3. The highest BCUT2D eigenvalue weighted by Gasteiger charge is 2.33. The molecule has 1 aromatic rings. The van der Waals surface area contributed by atoms with Gasteiger partial charge in [0.1, 0.15) is 11.8 Å². The van der Waals surface area contributed by atoms with Crippen LogP contribution in [0, 0.1) is 5.41 Å². The first-order valence-corrected chi connectivity index (χ1v) is 6.51. The first-order valence-electron chi connectivity index (χ1n) is 5.71. The van der Waals surface area contributed by atoms with E-state index in [4.69, 9.17) is 4.74 Å². The van der Waals surface area contributed by atoms with Crippen LogP contribution in [0.4, 0.5) is 0 Å². The Morgan fingerprint density at radius 3 is 2.72 bits per heavy atom. The summed E-state index contributed by atoms with van der Waals surface area (Å²) in [6.07, 6.45) is 0.491. The van der Waals surface area contributed by atoms with E-state index in [9.17, 15) is 9.90 Å². The molecule has 1 atom stereocenters. The summed E-state index contributed by atoms with van der Waals surface area (Å²) in [4.78, 5) is 12.3. The van der Waals surface area contributed by atoms with Gasteiger partial charge in [-0.1, -0.05) is 20.8 Å². The third kappa shape index (κ3) is 3.40. The van der Waals surface area contributed by atoms with Gasteiger partial charge in [-0.05, 0) is 21.3 Å². The maximum absolute atomic E-state index is 12.3. The summed E-state index contributed by atoms with van der Waals surface area (Å²) in [5.74, 6) is -0.331. The van der Waals surface area contributed by atoms with E-state index in [-0.39, 0.29) is 5.78 Å². The molecular formula is C12H19BrN2O3. The van der Waals surface area contributed by atoms with Crippen molar-refractivity contribution in [2.45, 2.75) is 33.4 Å². The zero-order valence-corrected chi connectivity index (χ0v) is 12.7. The Labute approximate surface area is 115 Å². The lowest BCUT2D eigenvalue weighted by Crippen LogP contribution is -2.35. The second-order valence-electron chi connectivity index (χ2n) is 5.19. The molecule has 0 aromatic carbocycles. The molecule has 1 heterocycles. The predicted molar refractivity (Wildman–Crippen MR) is 71.6 cm³/mol. The van der Waals surface area contributed by atoms with Gasteiger partial charge < -0.3 is 9.84 Å². The molecule has 0 fully saturated rings.